The second-order valence-corrected chi connectivity index (χ2v) is 6.78. The molecule has 1 atom stereocenters. The van der Waals surface area contributed by atoms with Crippen molar-refractivity contribution in [2.45, 2.75) is 40.2 Å². The van der Waals surface area contributed by atoms with E-state index in [1.54, 1.807) is 12.1 Å². The van der Waals surface area contributed by atoms with E-state index >= 15 is 0 Å². The lowest BCUT2D eigenvalue weighted by molar-refractivity contribution is 0.129. The van der Waals surface area contributed by atoms with Gasteiger partial charge in [-0.2, -0.15) is 0 Å². The van der Waals surface area contributed by atoms with Crippen molar-refractivity contribution < 1.29 is 9.50 Å². The van der Waals surface area contributed by atoms with Crippen molar-refractivity contribution in [3.63, 3.8) is 0 Å². The molecule has 0 aromatic heterocycles. The van der Waals surface area contributed by atoms with Gasteiger partial charge in [0.15, 0.2) is 0 Å². The van der Waals surface area contributed by atoms with Crippen molar-refractivity contribution in [1.82, 2.24) is 0 Å². The van der Waals surface area contributed by atoms with Gasteiger partial charge in [0.05, 0.1) is 11.1 Å². The molecular formula is C15H20ClFO. The van der Waals surface area contributed by atoms with E-state index in [1.165, 1.54) is 6.07 Å². The highest BCUT2D eigenvalue weighted by atomic mass is 35.5. The zero-order valence-electron chi connectivity index (χ0n) is 11.3. The molecule has 1 aromatic rings. The quantitative estimate of drug-likeness (QED) is 0.878. The van der Waals surface area contributed by atoms with Crippen molar-refractivity contribution >= 4 is 11.6 Å². The van der Waals surface area contributed by atoms with Gasteiger partial charge < -0.3 is 5.11 Å². The highest BCUT2D eigenvalue weighted by Crippen LogP contribution is 2.69. The van der Waals surface area contributed by atoms with E-state index in [0.29, 0.717) is 12.0 Å². The molecule has 0 heterocycles. The molecular weight excluding hydrogens is 251 g/mol. The Labute approximate surface area is 113 Å². The lowest BCUT2D eigenvalue weighted by Gasteiger charge is -2.14. The first-order valence-electron chi connectivity index (χ1n) is 6.30. The van der Waals surface area contributed by atoms with Crippen LogP contribution in [0.2, 0.25) is 5.02 Å². The second-order valence-electron chi connectivity index (χ2n) is 6.41. The summed E-state index contributed by atoms with van der Waals surface area (Å²) in [6, 6.07) is 4.74. The number of hydrogen-bond donors (Lipinski definition) is 1. The number of halogens is 2. The molecule has 18 heavy (non-hydrogen) atoms. The summed E-state index contributed by atoms with van der Waals surface area (Å²) in [5.74, 6) is -0.194. The molecule has 0 radical (unpaired) electrons. The first-order chi connectivity index (χ1) is 8.19. The zero-order chi connectivity index (χ0) is 13.7. The largest absolute Gasteiger partial charge is 0.392 e. The van der Waals surface area contributed by atoms with Gasteiger partial charge in [-0.05, 0) is 28.4 Å². The van der Waals surface area contributed by atoms with Crippen LogP contribution in [0.1, 0.15) is 33.3 Å². The van der Waals surface area contributed by atoms with Crippen molar-refractivity contribution in [2.24, 2.45) is 16.7 Å². The fraction of sp³-hybridized carbons (Fsp3) is 0.600. The minimum atomic E-state index is -0.478. The number of rotatable bonds is 3. The van der Waals surface area contributed by atoms with Crippen LogP contribution in [0.5, 0.6) is 0 Å². The zero-order valence-corrected chi connectivity index (χ0v) is 12.1. The molecule has 1 unspecified atom stereocenters. The first-order valence-corrected chi connectivity index (χ1v) is 6.68. The maximum absolute atomic E-state index is 13.3. The summed E-state index contributed by atoms with van der Waals surface area (Å²) in [6.45, 7) is 8.64. The molecule has 0 aliphatic heterocycles. The Kier molecular flexibility index (Phi) is 3.23. The van der Waals surface area contributed by atoms with Crippen LogP contribution in [0, 0.1) is 22.6 Å². The fourth-order valence-corrected chi connectivity index (χ4v) is 3.46. The minimum absolute atomic E-state index is 0.117. The molecule has 100 valence electrons. The maximum Gasteiger partial charge on any atom is 0.142 e. The Hall–Kier alpha value is -0.600. The van der Waals surface area contributed by atoms with Crippen LogP contribution in [0.25, 0.3) is 0 Å². The summed E-state index contributed by atoms with van der Waals surface area (Å²) < 4.78 is 13.3. The minimum Gasteiger partial charge on any atom is -0.392 e. The third-order valence-corrected chi connectivity index (χ3v) is 5.40. The Bertz CT molecular complexity index is 454. The molecule has 2 rings (SSSR count). The smallest absolute Gasteiger partial charge is 0.142 e. The van der Waals surface area contributed by atoms with Gasteiger partial charge in [0, 0.05) is 6.42 Å². The molecule has 0 saturated heterocycles. The van der Waals surface area contributed by atoms with Crippen molar-refractivity contribution in [2.75, 3.05) is 0 Å². The summed E-state index contributed by atoms with van der Waals surface area (Å²) in [4.78, 5) is 0. The van der Waals surface area contributed by atoms with Crippen LogP contribution in [-0.2, 0) is 6.42 Å². The van der Waals surface area contributed by atoms with Crippen LogP contribution in [0.15, 0.2) is 18.2 Å². The molecule has 0 amide bonds. The van der Waals surface area contributed by atoms with Gasteiger partial charge in [0.25, 0.3) is 0 Å². The average molecular weight is 271 g/mol. The van der Waals surface area contributed by atoms with Gasteiger partial charge in [-0.25, -0.2) is 4.39 Å². The SMILES string of the molecule is CC1(C)C(C(O)Cc2cccc(F)c2Cl)C1(C)C. The number of benzene rings is 1. The molecule has 1 nitrogen and oxygen atoms in total. The average Bonchev–Trinajstić information content (AvgIpc) is 2.65. The first kappa shape index (κ1) is 13.8. The third kappa shape index (κ3) is 1.96. The molecule has 1 saturated carbocycles. The van der Waals surface area contributed by atoms with E-state index in [1.807, 2.05) is 0 Å². The van der Waals surface area contributed by atoms with Crippen LogP contribution < -0.4 is 0 Å². The Morgan fingerprint density at radius 3 is 2.33 bits per heavy atom. The predicted molar refractivity (Wildman–Crippen MR) is 72.2 cm³/mol. The van der Waals surface area contributed by atoms with E-state index in [2.05, 4.69) is 27.7 Å². The van der Waals surface area contributed by atoms with Crippen molar-refractivity contribution in [3.05, 3.63) is 34.6 Å². The summed E-state index contributed by atoms with van der Waals surface area (Å²) in [6.07, 6.45) is -0.0667. The van der Waals surface area contributed by atoms with Crippen LogP contribution in [0.4, 0.5) is 4.39 Å². The van der Waals surface area contributed by atoms with E-state index < -0.39 is 11.9 Å². The molecule has 0 bridgehead atoms. The van der Waals surface area contributed by atoms with Gasteiger partial charge in [-0.15, -0.1) is 0 Å². The standard InChI is InChI=1S/C15H20ClFO/c1-14(2)13(15(14,3)4)11(18)8-9-6-5-7-10(17)12(9)16/h5-7,11,13,18H,8H2,1-4H3. The summed E-state index contributed by atoms with van der Waals surface area (Å²) in [5, 5.41) is 10.5. The molecule has 1 aliphatic carbocycles. The number of aliphatic hydroxyl groups is 1. The van der Waals surface area contributed by atoms with Gasteiger partial charge in [0.1, 0.15) is 5.82 Å². The Morgan fingerprint density at radius 2 is 1.83 bits per heavy atom. The normalized spacial score (nSPS) is 22.8. The second kappa shape index (κ2) is 4.21. The topological polar surface area (TPSA) is 20.2 Å². The monoisotopic (exact) mass is 270 g/mol. The Balaban J connectivity index is 2.14. The summed E-state index contributed by atoms with van der Waals surface area (Å²) in [5.41, 5.74) is 0.918. The molecule has 3 heteroatoms. The highest BCUT2D eigenvalue weighted by molar-refractivity contribution is 6.31. The Morgan fingerprint density at radius 1 is 1.28 bits per heavy atom. The number of hydrogen-bond acceptors (Lipinski definition) is 1. The van der Waals surface area contributed by atoms with Gasteiger partial charge >= 0.3 is 0 Å². The van der Waals surface area contributed by atoms with E-state index in [0.717, 1.165) is 0 Å². The fourth-order valence-electron chi connectivity index (χ4n) is 3.26. The van der Waals surface area contributed by atoms with Crippen molar-refractivity contribution in [3.8, 4) is 0 Å². The molecule has 1 fully saturated rings. The van der Waals surface area contributed by atoms with Gasteiger partial charge in [-0.1, -0.05) is 51.4 Å². The molecule has 1 N–H and O–H groups in total. The summed E-state index contributed by atoms with van der Waals surface area (Å²) >= 11 is 5.92. The summed E-state index contributed by atoms with van der Waals surface area (Å²) in [7, 11) is 0. The van der Waals surface area contributed by atoms with Gasteiger partial charge in [0.2, 0.25) is 0 Å². The molecule has 1 aromatic carbocycles. The van der Waals surface area contributed by atoms with E-state index in [9.17, 15) is 9.50 Å². The highest BCUT2D eigenvalue weighted by Gasteiger charge is 2.66. The van der Waals surface area contributed by atoms with E-state index in [4.69, 9.17) is 11.6 Å². The van der Waals surface area contributed by atoms with Crippen LogP contribution in [-0.4, -0.2) is 11.2 Å². The van der Waals surface area contributed by atoms with E-state index in [-0.39, 0.29) is 21.8 Å². The lowest BCUT2D eigenvalue weighted by atomic mass is 9.99. The molecule has 1 aliphatic rings. The molecule has 0 spiro atoms. The van der Waals surface area contributed by atoms with Crippen LogP contribution >= 0.6 is 11.6 Å². The lowest BCUT2D eigenvalue weighted by Crippen LogP contribution is -2.17. The van der Waals surface area contributed by atoms with Crippen LogP contribution in [0.3, 0.4) is 0 Å². The maximum atomic E-state index is 13.3. The van der Waals surface area contributed by atoms with Crippen molar-refractivity contribution in [1.29, 1.82) is 0 Å². The number of aliphatic hydroxyl groups excluding tert-OH is 1. The third-order valence-electron chi connectivity index (χ3n) is 4.98. The predicted octanol–water partition coefficient (Wildman–Crippen LogP) is 4.06. The van der Waals surface area contributed by atoms with Gasteiger partial charge in [-0.3, -0.25) is 0 Å².